The Kier molecular flexibility index (Phi) is 10.4. The zero-order valence-electron chi connectivity index (χ0n) is 24.7. The molecule has 1 amide bonds. The minimum Gasteiger partial charge on any atom is -0.341 e. The highest BCUT2D eigenvalue weighted by molar-refractivity contribution is 7.84. The van der Waals surface area contributed by atoms with Crippen molar-refractivity contribution in [3.63, 3.8) is 0 Å². The molecule has 2 atom stereocenters. The van der Waals surface area contributed by atoms with E-state index in [-0.39, 0.29) is 22.6 Å². The Balaban J connectivity index is 1.29. The molecule has 4 aromatic carbocycles. The van der Waals surface area contributed by atoms with Crippen LogP contribution < -0.4 is 0 Å². The number of nitriles is 1. The molecule has 4 aromatic rings. The van der Waals surface area contributed by atoms with Crippen LogP contribution in [0.25, 0.3) is 10.8 Å². The van der Waals surface area contributed by atoms with Crippen LogP contribution in [0.3, 0.4) is 0 Å². The van der Waals surface area contributed by atoms with Crippen molar-refractivity contribution in [1.82, 2.24) is 9.80 Å². The molecule has 0 aromatic heterocycles. The second-order valence-corrected chi connectivity index (χ2v) is 13.6. The third kappa shape index (κ3) is 7.33. The zero-order valence-corrected chi connectivity index (χ0v) is 27.1. The maximum Gasteiger partial charge on any atom is 0.254 e. The molecule has 1 fully saturated rings. The highest BCUT2D eigenvalue weighted by atomic mass is 35.5. The number of likely N-dealkylation sites (tertiary alicyclic amines) is 1. The lowest BCUT2D eigenvalue weighted by Gasteiger charge is -2.34. The average molecular weight is 651 g/mol. The first-order valence-electron chi connectivity index (χ1n) is 14.6. The van der Waals surface area contributed by atoms with Crippen LogP contribution in [-0.4, -0.2) is 59.4 Å². The predicted octanol–water partition coefficient (Wildman–Crippen LogP) is 8.02. The van der Waals surface area contributed by atoms with Gasteiger partial charge in [-0.1, -0.05) is 59.6 Å². The number of piperidine rings is 1. The van der Waals surface area contributed by atoms with Gasteiger partial charge in [-0.15, -0.1) is 0 Å². The number of carbonyl (C=O) groups excluding carboxylic acids is 1. The molecule has 228 valence electrons. The van der Waals surface area contributed by atoms with Gasteiger partial charge < -0.3 is 9.80 Å². The van der Waals surface area contributed by atoms with Crippen LogP contribution in [0.4, 0.5) is 4.39 Å². The summed E-state index contributed by atoms with van der Waals surface area (Å²) in [7, 11) is 0.448. The Morgan fingerprint density at radius 1 is 1.07 bits per heavy atom. The van der Waals surface area contributed by atoms with Crippen molar-refractivity contribution in [2.24, 2.45) is 0 Å². The van der Waals surface area contributed by atoms with Crippen LogP contribution in [0.15, 0.2) is 77.7 Å². The summed E-state index contributed by atoms with van der Waals surface area (Å²) in [5.41, 5.74) is 2.92. The second-order valence-electron chi connectivity index (χ2n) is 11.5. The van der Waals surface area contributed by atoms with Crippen molar-refractivity contribution in [2.75, 3.05) is 39.5 Å². The standard InChI is InChI=1S/C35H34Cl2FN3O2S/c1-40(35(42)30-18-23(21-39)17-27-5-3-4-6-29(27)30)22-28(25-7-9-31(36)32(37)19-25)13-16-41-14-11-24(12-15-41)26-8-10-34(44(2)43)33(38)20-26/h3-10,17-20,24,28H,11-16,22H2,1-2H3. The summed E-state index contributed by atoms with van der Waals surface area (Å²) in [6.07, 6.45) is 4.10. The molecule has 9 heteroatoms. The van der Waals surface area contributed by atoms with E-state index in [1.165, 1.54) is 6.26 Å². The average Bonchev–Trinajstić information content (AvgIpc) is 3.03. The van der Waals surface area contributed by atoms with Crippen LogP contribution in [0.2, 0.25) is 10.0 Å². The molecule has 2 unspecified atom stereocenters. The molecular weight excluding hydrogens is 616 g/mol. The lowest BCUT2D eigenvalue weighted by Crippen LogP contribution is -2.36. The Morgan fingerprint density at radius 2 is 1.82 bits per heavy atom. The fourth-order valence-corrected chi connectivity index (χ4v) is 7.03. The van der Waals surface area contributed by atoms with E-state index in [1.807, 2.05) is 42.5 Å². The lowest BCUT2D eigenvalue weighted by molar-refractivity contribution is 0.0783. The molecule has 0 N–H and O–H groups in total. The summed E-state index contributed by atoms with van der Waals surface area (Å²) in [4.78, 5) is 18.2. The molecule has 0 bridgehead atoms. The SMILES string of the molecule is CN(CC(CCN1CCC(c2ccc(S(C)=O)c(F)c2)CC1)c1ccc(Cl)c(Cl)c1)C(=O)c1cc(C#N)cc2ccccc12. The minimum absolute atomic E-state index is 0.00147. The molecular formula is C35H34Cl2FN3O2S. The maximum atomic E-state index is 14.5. The minimum atomic E-state index is -1.35. The molecule has 5 rings (SSSR count). The Labute approximate surface area is 270 Å². The molecule has 5 nitrogen and oxygen atoms in total. The largest absolute Gasteiger partial charge is 0.341 e. The van der Waals surface area contributed by atoms with Crippen LogP contribution in [-0.2, 0) is 10.8 Å². The van der Waals surface area contributed by atoms with Crippen molar-refractivity contribution < 1.29 is 13.4 Å². The highest BCUT2D eigenvalue weighted by Gasteiger charge is 2.25. The molecule has 0 aliphatic carbocycles. The van der Waals surface area contributed by atoms with Gasteiger partial charge in [0.25, 0.3) is 5.91 Å². The van der Waals surface area contributed by atoms with Gasteiger partial charge in [-0.05, 0) is 103 Å². The molecule has 0 spiro atoms. The number of benzene rings is 4. The predicted molar refractivity (Wildman–Crippen MR) is 177 cm³/mol. The van der Waals surface area contributed by atoms with Gasteiger partial charge in [-0.25, -0.2) is 4.39 Å². The van der Waals surface area contributed by atoms with Gasteiger partial charge in [0.15, 0.2) is 0 Å². The molecule has 1 saturated heterocycles. The van der Waals surface area contributed by atoms with Crippen LogP contribution >= 0.6 is 23.2 Å². The van der Waals surface area contributed by atoms with Crippen LogP contribution in [0, 0.1) is 17.1 Å². The van der Waals surface area contributed by atoms with Gasteiger partial charge in [0.1, 0.15) is 5.82 Å². The van der Waals surface area contributed by atoms with E-state index >= 15 is 0 Å². The summed E-state index contributed by atoms with van der Waals surface area (Å²) in [5, 5.41) is 12.2. The Bertz CT molecular complexity index is 1750. The number of nitrogens with zero attached hydrogens (tertiary/aromatic N) is 3. The van der Waals surface area contributed by atoms with Crippen molar-refractivity contribution in [3.8, 4) is 6.07 Å². The number of hydrogen-bond acceptors (Lipinski definition) is 4. The third-order valence-electron chi connectivity index (χ3n) is 8.60. The monoisotopic (exact) mass is 649 g/mol. The van der Waals surface area contributed by atoms with Crippen LogP contribution in [0.1, 0.15) is 58.1 Å². The van der Waals surface area contributed by atoms with E-state index in [2.05, 4.69) is 11.0 Å². The third-order valence-corrected chi connectivity index (χ3v) is 10.3. The first kappa shape index (κ1) is 32.1. The number of amides is 1. The summed E-state index contributed by atoms with van der Waals surface area (Å²) >= 11 is 12.6. The zero-order chi connectivity index (χ0) is 31.4. The molecule has 0 saturated carbocycles. The summed E-state index contributed by atoms with van der Waals surface area (Å²) in [6.45, 7) is 3.05. The van der Waals surface area contributed by atoms with E-state index < -0.39 is 16.6 Å². The van der Waals surface area contributed by atoms with Crippen LogP contribution in [0.5, 0.6) is 0 Å². The van der Waals surface area contributed by atoms with Gasteiger partial charge in [0.05, 0.1) is 37.4 Å². The number of hydrogen-bond donors (Lipinski definition) is 0. The summed E-state index contributed by atoms with van der Waals surface area (Å²) < 4.78 is 26.2. The van der Waals surface area contributed by atoms with Gasteiger partial charge >= 0.3 is 0 Å². The summed E-state index contributed by atoms with van der Waals surface area (Å²) in [5.74, 6) is -0.289. The number of rotatable bonds is 9. The van der Waals surface area contributed by atoms with E-state index in [9.17, 15) is 18.7 Å². The molecule has 1 aliphatic rings. The smallest absolute Gasteiger partial charge is 0.254 e. The molecule has 44 heavy (non-hydrogen) atoms. The first-order valence-corrected chi connectivity index (χ1v) is 16.9. The first-order chi connectivity index (χ1) is 21.1. The fraction of sp³-hybridized carbons (Fsp3) is 0.314. The highest BCUT2D eigenvalue weighted by Crippen LogP contribution is 2.33. The van der Waals surface area contributed by atoms with E-state index in [0.29, 0.717) is 27.7 Å². The second kappa shape index (κ2) is 14.2. The number of fused-ring (bicyclic) bond motifs is 1. The van der Waals surface area contributed by atoms with Crippen molar-refractivity contribution in [2.45, 2.75) is 36.0 Å². The van der Waals surface area contributed by atoms with Gasteiger partial charge in [-0.3, -0.25) is 9.00 Å². The van der Waals surface area contributed by atoms with Crippen molar-refractivity contribution in [1.29, 1.82) is 5.26 Å². The Morgan fingerprint density at radius 3 is 2.50 bits per heavy atom. The topological polar surface area (TPSA) is 64.4 Å². The number of carbonyl (C=O) groups is 1. The maximum absolute atomic E-state index is 14.5. The number of likely N-dealkylation sites (N-methyl/N-ethyl adjacent to an activating group) is 1. The fourth-order valence-electron chi connectivity index (χ4n) is 6.13. The van der Waals surface area contributed by atoms with E-state index in [1.54, 1.807) is 42.3 Å². The summed E-state index contributed by atoms with van der Waals surface area (Å²) in [6, 6.07) is 24.0. The van der Waals surface area contributed by atoms with Gasteiger partial charge in [-0.2, -0.15) is 5.26 Å². The quantitative estimate of drug-likeness (QED) is 0.184. The molecule has 1 aliphatic heterocycles. The number of halogens is 3. The van der Waals surface area contributed by atoms with Crippen molar-refractivity contribution in [3.05, 3.63) is 111 Å². The molecule has 1 heterocycles. The molecule has 0 radical (unpaired) electrons. The van der Waals surface area contributed by atoms with Gasteiger partial charge in [0, 0.05) is 31.3 Å². The lowest BCUT2D eigenvalue weighted by atomic mass is 9.88. The normalized spacial score (nSPS) is 15.5. The van der Waals surface area contributed by atoms with Gasteiger partial charge in [0.2, 0.25) is 0 Å². The van der Waals surface area contributed by atoms with Crippen molar-refractivity contribution >= 4 is 50.7 Å². The van der Waals surface area contributed by atoms with E-state index in [0.717, 1.165) is 60.8 Å². The van der Waals surface area contributed by atoms with E-state index in [4.69, 9.17) is 23.2 Å². The Hall–Kier alpha value is -3.28.